The minimum Gasteiger partial charge on any atom is -0.366 e. The van der Waals surface area contributed by atoms with Crippen LogP contribution >= 0.6 is 0 Å². The number of ether oxygens (including phenoxy) is 1. The first-order chi connectivity index (χ1) is 5.79. The van der Waals surface area contributed by atoms with Crippen molar-refractivity contribution in [2.75, 3.05) is 6.61 Å². The molecule has 2 rings (SSSR count). The Bertz CT molecular complexity index is 317. The topological polar surface area (TPSA) is 26.3 Å². The summed E-state index contributed by atoms with van der Waals surface area (Å²) in [6.07, 6.45) is 0.0545. The Morgan fingerprint density at radius 3 is 2.92 bits per heavy atom. The van der Waals surface area contributed by atoms with Crippen LogP contribution in [0.5, 0.6) is 0 Å². The fourth-order valence-electron chi connectivity index (χ4n) is 1.47. The van der Waals surface area contributed by atoms with Crippen molar-refractivity contribution in [3.8, 4) is 0 Å². The summed E-state index contributed by atoms with van der Waals surface area (Å²) in [6.45, 7) is 2.18. The third-order valence-corrected chi connectivity index (χ3v) is 2.16. The van der Waals surface area contributed by atoms with Gasteiger partial charge < -0.3 is 4.74 Å². The first-order valence-electron chi connectivity index (χ1n) is 4.03. The van der Waals surface area contributed by atoms with E-state index in [1.807, 2.05) is 31.2 Å². The van der Waals surface area contributed by atoms with Gasteiger partial charge in [0.1, 0.15) is 6.61 Å². The molecule has 12 heavy (non-hydrogen) atoms. The lowest BCUT2D eigenvalue weighted by Gasteiger charge is -2.21. The van der Waals surface area contributed by atoms with E-state index >= 15 is 0 Å². The predicted molar refractivity (Wildman–Crippen MR) is 45.1 cm³/mol. The van der Waals surface area contributed by atoms with Crippen LogP contribution in [0, 0.1) is 0 Å². The van der Waals surface area contributed by atoms with E-state index in [1.165, 1.54) is 0 Å². The molecular weight excluding hydrogens is 152 g/mol. The van der Waals surface area contributed by atoms with Crippen molar-refractivity contribution < 1.29 is 9.53 Å². The lowest BCUT2D eigenvalue weighted by Crippen LogP contribution is -2.20. The van der Waals surface area contributed by atoms with Crippen LogP contribution in [0.2, 0.25) is 0 Å². The highest BCUT2D eigenvalue weighted by Gasteiger charge is 2.21. The van der Waals surface area contributed by atoms with Gasteiger partial charge in [-0.3, -0.25) is 4.79 Å². The Morgan fingerprint density at radius 1 is 1.42 bits per heavy atom. The van der Waals surface area contributed by atoms with Gasteiger partial charge in [0.15, 0.2) is 5.78 Å². The van der Waals surface area contributed by atoms with Crippen LogP contribution in [0.15, 0.2) is 24.3 Å². The number of rotatable bonds is 0. The average molecular weight is 162 g/mol. The van der Waals surface area contributed by atoms with E-state index in [4.69, 9.17) is 4.74 Å². The molecular formula is C10H10O2. The molecule has 0 saturated heterocycles. The summed E-state index contributed by atoms with van der Waals surface area (Å²) in [7, 11) is 0. The van der Waals surface area contributed by atoms with Gasteiger partial charge in [-0.2, -0.15) is 0 Å². The van der Waals surface area contributed by atoms with E-state index in [2.05, 4.69) is 0 Å². The molecule has 0 fully saturated rings. The normalized spacial score (nSPS) is 22.1. The van der Waals surface area contributed by atoms with Crippen molar-refractivity contribution in [3.05, 3.63) is 35.4 Å². The number of fused-ring (bicyclic) bond motifs is 1. The molecule has 2 heteroatoms. The number of ketones is 1. The van der Waals surface area contributed by atoms with Gasteiger partial charge in [-0.15, -0.1) is 0 Å². The summed E-state index contributed by atoms with van der Waals surface area (Å²) in [5, 5.41) is 0. The first kappa shape index (κ1) is 7.50. The summed E-state index contributed by atoms with van der Waals surface area (Å²) in [4.78, 5) is 11.3. The molecule has 0 radical (unpaired) electrons. The highest BCUT2D eigenvalue weighted by Crippen LogP contribution is 2.25. The molecule has 0 aromatic heterocycles. The van der Waals surface area contributed by atoms with Crippen molar-refractivity contribution >= 4 is 5.78 Å². The largest absolute Gasteiger partial charge is 0.366 e. The average Bonchev–Trinajstić information content (AvgIpc) is 2.12. The lowest BCUT2D eigenvalue weighted by atomic mass is 9.98. The van der Waals surface area contributed by atoms with Gasteiger partial charge in [0.25, 0.3) is 0 Å². The minimum absolute atomic E-state index is 0.0545. The van der Waals surface area contributed by atoms with Gasteiger partial charge in [-0.25, -0.2) is 0 Å². The van der Waals surface area contributed by atoms with Gasteiger partial charge in [0, 0.05) is 5.56 Å². The van der Waals surface area contributed by atoms with Gasteiger partial charge in [0.05, 0.1) is 6.10 Å². The van der Waals surface area contributed by atoms with E-state index in [-0.39, 0.29) is 18.5 Å². The third kappa shape index (κ3) is 1.04. The fraction of sp³-hybridized carbons (Fsp3) is 0.300. The zero-order valence-electron chi connectivity index (χ0n) is 6.91. The van der Waals surface area contributed by atoms with Crippen molar-refractivity contribution in [3.63, 3.8) is 0 Å². The molecule has 1 unspecified atom stereocenters. The van der Waals surface area contributed by atoms with Gasteiger partial charge in [-0.05, 0) is 12.5 Å². The number of Topliss-reactive ketones (excluding diaryl/α,β-unsaturated/α-hetero) is 1. The Hall–Kier alpha value is -1.15. The molecule has 0 spiro atoms. The van der Waals surface area contributed by atoms with Crippen LogP contribution in [-0.2, 0) is 4.74 Å². The Kier molecular flexibility index (Phi) is 1.70. The van der Waals surface area contributed by atoms with Gasteiger partial charge in [-0.1, -0.05) is 24.3 Å². The smallest absolute Gasteiger partial charge is 0.188 e. The maximum absolute atomic E-state index is 11.3. The summed E-state index contributed by atoms with van der Waals surface area (Å²) in [5.74, 6) is 0.0868. The van der Waals surface area contributed by atoms with Crippen molar-refractivity contribution in [1.82, 2.24) is 0 Å². The summed E-state index contributed by atoms with van der Waals surface area (Å²) < 4.78 is 5.27. The zero-order chi connectivity index (χ0) is 8.55. The maximum Gasteiger partial charge on any atom is 0.188 e. The quantitative estimate of drug-likeness (QED) is 0.583. The molecule has 1 aromatic carbocycles. The van der Waals surface area contributed by atoms with E-state index in [9.17, 15) is 4.79 Å². The van der Waals surface area contributed by atoms with Crippen LogP contribution in [0.25, 0.3) is 0 Å². The van der Waals surface area contributed by atoms with E-state index < -0.39 is 0 Å². The molecule has 1 heterocycles. The second kappa shape index (κ2) is 2.72. The van der Waals surface area contributed by atoms with Crippen molar-refractivity contribution in [1.29, 1.82) is 0 Å². The van der Waals surface area contributed by atoms with E-state index in [0.29, 0.717) is 0 Å². The summed E-state index contributed by atoms with van der Waals surface area (Å²) in [6, 6.07) is 7.61. The number of benzene rings is 1. The van der Waals surface area contributed by atoms with E-state index in [0.717, 1.165) is 11.1 Å². The second-order valence-electron chi connectivity index (χ2n) is 2.96. The predicted octanol–water partition coefficient (Wildman–Crippen LogP) is 1.96. The molecule has 0 saturated carbocycles. The summed E-state index contributed by atoms with van der Waals surface area (Å²) >= 11 is 0. The Morgan fingerprint density at radius 2 is 2.17 bits per heavy atom. The van der Waals surface area contributed by atoms with Crippen LogP contribution in [0.1, 0.15) is 28.9 Å². The molecule has 0 N–H and O–H groups in total. The minimum atomic E-state index is 0.0545. The molecule has 0 aliphatic carbocycles. The van der Waals surface area contributed by atoms with Crippen molar-refractivity contribution in [2.24, 2.45) is 0 Å². The van der Waals surface area contributed by atoms with Crippen LogP contribution in [0.4, 0.5) is 0 Å². The van der Waals surface area contributed by atoms with E-state index in [1.54, 1.807) is 0 Å². The molecule has 0 amide bonds. The molecule has 1 aliphatic heterocycles. The SMILES string of the molecule is CC1OCC(=O)c2ccccc21. The Balaban J connectivity index is 2.55. The lowest BCUT2D eigenvalue weighted by molar-refractivity contribution is 0.0436. The molecule has 1 aliphatic rings. The zero-order valence-corrected chi connectivity index (χ0v) is 6.91. The molecule has 0 bridgehead atoms. The molecule has 1 atom stereocenters. The maximum atomic E-state index is 11.3. The number of hydrogen-bond donors (Lipinski definition) is 0. The monoisotopic (exact) mass is 162 g/mol. The highest BCUT2D eigenvalue weighted by molar-refractivity contribution is 5.99. The Labute approximate surface area is 71.2 Å². The number of hydrogen-bond acceptors (Lipinski definition) is 2. The number of carbonyl (C=O) groups is 1. The molecule has 1 aromatic rings. The first-order valence-corrected chi connectivity index (χ1v) is 4.03. The second-order valence-corrected chi connectivity index (χ2v) is 2.96. The fourth-order valence-corrected chi connectivity index (χ4v) is 1.47. The third-order valence-electron chi connectivity index (χ3n) is 2.16. The standard InChI is InChI=1S/C10H10O2/c1-7-8-4-2-3-5-9(8)10(11)6-12-7/h2-5,7H,6H2,1H3. The number of carbonyl (C=O) groups excluding carboxylic acids is 1. The molecule has 62 valence electrons. The van der Waals surface area contributed by atoms with Crippen molar-refractivity contribution in [2.45, 2.75) is 13.0 Å². The highest BCUT2D eigenvalue weighted by atomic mass is 16.5. The van der Waals surface area contributed by atoms with Crippen LogP contribution in [-0.4, -0.2) is 12.4 Å². The van der Waals surface area contributed by atoms with Gasteiger partial charge >= 0.3 is 0 Å². The van der Waals surface area contributed by atoms with Crippen LogP contribution in [0.3, 0.4) is 0 Å². The summed E-state index contributed by atoms with van der Waals surface area (Å²) in [5.41, 5.74) is 1.82. The van der Waals surface area contributed by atoms with Crippen LogP contribution < -0.4 is 0 Å². The molecule has 2 nitrogen and oxygen atoms in total. The van der Waals surface area contributed by atoms with Gasteiger partial charge in [0.2, 0.25) is 0 Å².